The number of nitrogens with one attached hydrogen (secondary N) is 2. The quantitative estimate of drug-likeness (QED) is 0.536. The van der Waals surface area contributed by atoms with Gasteiger partial charge < -0.3 is 15.7 Å². The standard InChI is InChI=1S/C13H26N2O3/c1-4-5-6-11(17)14-7-8-15-12(18)9-13(2,3)10-16/h16H,4-10H2,1-3H3,(H,14,17)(H,15,18). The predicted molar refractivity (Wildman–Crippen MR) is 71.0 cm³/mol. The summed E-state index contributed by atoms with van der Waals surface area (Å²) in [5, 5.41) is 14.5. The van der Waals surface area contributed by atoms with Gasteiger partial charge in [-0.25, -0.2) is 0 Å². The maximum absolute atomic E-state index is 11.5. The van der Waals surface area contributed by atoms with E-state index in [9.17, 15) is 9.59 Å². The van der Waals surface area contributed by atoms with Crippen molar-refractivity contribution in [1.82, 2.24) is 10.6 Å². The third-order valence-corrected chi connectivity index (χ3v) is 2.59. The van der Waals surface area contributed by atoms with Gasteiger partial charge in [0, 0.05) is 32.5 Å². The van der Waals surface area contributed by atoms with Crippen molar-refractivity contribution in [3.63, 3.8) is 0 Å². The number of aliphatic hydroxyl groups is 1. The Hall–Kier alpha value is -1.10. The van der Waals surface area contributed by atoms with Crippen LogP contribution in [-0.2, 0) is 9.59 Å². The summed E-state index contributed by atoms with van der Waals surface area (Å²) in [7, 11) is 0. The zero-order valence-electron chi connectivity index (χ0n) is 11.7. The van der Waals surface area contributed by atoms with Gasteiger partial charge in [-0.05, 0) is 11.8 Å². The molecule has 0 aromatic carbocycles. The van der Waals surface area contributed by atoms with Gasteiger partial charge in [0.2, 0.25) is 11.8 Å². The van der Waals surface area contributed by atoms with E-state index in [1.54, 1.807) is 0 Å². The molecule has 0 saturated carbocycles. The minimum Gasteiger partial charge on any atom is -0.396 e. The van der Waals surface area contributed by atoms with Crippen LogP contribution in [0.5, 0.6) is 0 Å². The van der Waals surface area contributed by atoms with Gasteiger partial charge in [-0.2, -0.15) is 0 Å². The summed E-state index contributed by atoms with van der Waals surface area (Å²) in [6.45, 7) is 6.56. The van der Waals surface area contributed by atoms with E-state index in [4.69, 9.17) is 5.11 Å². The van der Waals surface area contributed by atoms with E-state index in [2.05, 4.69) is 10.6 Å². The maximum atomic E-state index is 11.5. The lowest BCUT2D eigenvalue weighted by molar-refractivity contribution is -0.124. The highest BCUT2D eigenvalue weighted by molar-refractivity contribution is 5.77. The van der Waals surface area contributed by atoms with Crippen LogP contribution in [0.4, 0.5) is 0 Å². The summed E-state index contributed by atoms with van der Waals surface area (Å²) in [5.41, 5.74) is -0.394. The van der Waals surface area contributed by atoms with Crippen LogP contribution in [0, 0.1) is 5.41 Å². The first-order chi connectivity index (χ1) is 8.41. The molecule has 2 amide bonds. The van der Waals surface area contributed by atoms with Crippen molar-refractivity contribution in [3.05, 3.63) is 0 Å². The summed E-state index contributed by atoms with van der Waals surface area (Å²) in [5.74, 6) is -0.0707. The number of aliphatic hydroxyl groups excluding tert-OH is 1. The van der Waals surface area contributed by atoms with Gasteiger partial charge in [0.25, 0.3) is 0 Å². The van der Waals surface area contributed by atoms with Crippen LogP contribution in [0.1, 0.15) is 46.5 Å². The van der Waals surface area contributed by atoms with Crippen molar-refractivity contribution in [2.45, 2.75) is 46.5 Å². The Balaban J connectivity index is 3.60. The van der Waals surface area contributed by atoms with Crippen molar-refractivity contribution in [2.24, 2.45) is 5.41 Å². The molecule has 18 heavy (non-hydrogen) atoms. The summed E-state index contributed by atoms with van der Waals surface area (Å²) in [6, 6.07) is 0. The highest BCUT2D eigenvalue weighted by atomic mass is 16.3. The Morgan fingerprint density at radius 2 is 1.67 bits per heavy atom. The lowest BCUT2D eigenvalue weighted by Crippen LogP contribution is -2.36. The van der Waals surface area contributed by atoms with E-state index in [1.165, 1.54) is 0 Å². The first-order valence-corrected chi connectivity index (χ1v) is 6.55. The molecule has 0 spiro atoms. The van der Waals surface area contributed by atoms with Gasteiger partial charge in [0.1, 0.15) is 0 Å². The first-order valence-electron chi connectivity index (χ1n) is 6.55. The van der Waals surface area contributed by atoms with Gasteiger partial charge >= 0.3 is 0 Å². The van der Waals surface area contributed by atoms with E-state index in [1.807, 2.05) is 20.8 Å². The minimum atomic E-state index is -0.394. The first kappa shape index (κ1) is 16.9. The highest BCUT2D eigenvalue weighted by Crippen LogP contribution is 2.18. The Bertz CT molecular complexity index is 265. The van der Waals surface area contributed by atoms with E-state index < -0.39 is 5.41 Å². The Kier molecular flexibility index (Phi) is 8.37. The second kappa shape index (κ2) is 8.91. The third-order valence-electron chi connectivity index (χ3n) is 2.59. The molecule has 5 nitrogen and oxygen atoms in total. The number of hydrogen-bond acceptors (Lipinski definition) is 3. The average Bonchev–Trinajstić information content (AvgIpc) is 2.31. The highest BCUT2D eigenvalue weighted by Gasteiger charge is 2.20. The van der Waals surface area contributed by atoms with E-state index in [-0.39, 0.29) is 24.8 Å². The van der Waals surface area contributed by atoms with E-state index in [0.717, 1.165) is 12.8 Å². The van der Waals surface area contributed by atoms with Gasteiger partial charge in [0.05, 0.1) is 0 Å². The van der Waals surface area contributed by atoms with Gasteiger partial charge in [-0.1, -0.05) is 27.2 Å². The zero-order valence-corrected chi connectivity index (χ0v) is 11.7. The van der Waals surface area contributed by atoms with E-state index in [0.29, 0.717) is 19.5 Å². The molecule has 0 rings (SSSR count). The Morgan fingerprint density at radius 3 is 2.17 bits per heavy atom. The van der Waals surface area contributed by atoms with Crippen LogP contribution >= 0.6 is 0 Å². The molecule has 0 atom stereocenters. The molecule has 0 bridgehead atoms. The number of carbonyl (C=O) groups is 2. The molecular weight excluding hydrogens is 232 g/mol. The van der Waals surface area contributed by atoms with Gasteiger partial charge in [-0.15, -0.1) is 0 Å². The van der Waals surface area contributed by atoms with Crippen molar-refractivity contribution in [2.75, 3.05) is 19.7 Å². The van der Waals surface area contributed by atoms with Crippen molar-refractivity contribution in [3.8, 4) is 0 Å². The molecule has 5 heteroatoms. The number of amides is 2. The summed E-state index contributed by atoms with van der Waals surface area (Å²) < 4.78 is 0. The van der Waals surface area contributed by atoms with Gasteiger partial charge in [0.15, 0.2) is 0 Å². The third kappa shape index (κ3) is 8.98. The molecule has 0 heterocycles. The van der Waals surface area contributed by atoms with E-state index >= 15 is 0 Å². The molecule has 0 fully saturated rings. The largest absolute Gasteiger partial charge is 0.396 e. The predicted octanol–water partition coefficient (Wildman–Crippen LogP) is 0.818. The SMILES string of the molecule is CCCCC(=O)NCCNC(=O)CC(C)(C)CO. The molecular formula is C13H26N2O3. The Labute approximate surface area is 109 Å². The monoisotopic (exact) mass is 258 g/mol. The lowest BCUT2D eigenvalue weighted by Gasteiger charge is -2.20. The van der Waals surface area contributed by atoms with Crippen LogP contribution in [0.25, 0.3) is 0 Å². The van der Waals surface area contributed by atoms with Crippen LogP contribution in [-0.4, -0.2) is 36.6 Å². The topological polar surface area (TPSA) is 78.4 Å². The van der Waals surface area contributed by atoms with Crippen molar-refractivity contribution < 1.29 is 14.7 Å². The zero-order chi connectivity index (χ0) is 14.0. The molecule has 0 aromatic rings. The fraction of sp³-hybridized carbons (Fsp3) is 0.846. The van der Waals surface area contributed by atoms with Crippen LogP contribution < -0.4 is 10.6 Å². The van der Waals surface area contributed by atoms with Crippen molar-refractivity contribution in [1.29, 1.82) is 0 Å². The number of hydrogen-bond donors (Lipinski definition) is 3. The van der Waals surface area contributed by atoms with Crippen LogP contribution in [0.2, 0.25) is 0 Å². The summed E-state index contributed by atoms with van der Waals surface area (Å²) >= 11 is 0. The lowest BCUT2D eigenvalue weighted by atomic mass is 9.90. The average molecular weight is 258 g/mol. The molecule has 106 valence electrons. The molecule has 0 aliphatic heterocycles. The fourth-order valence-corrected chi connectivity index (χ4v) is 1.38. The fourth-order valence-electron chi connectivity index (χ4n) is 1.38. The van der Waals surface area contributed by atoms with Crippen LogP contribution in [0.3, 0.4) is 0 Å². The number of carbonyl (C=O) groups excluding carboxylic acids is 2. The smallest absolute Gasteiger partial charge is 0.220 e. The summed E-state index contributed by atoms with van der Waals surface area (Å²) in [6.07, 6.45) is 2.72. The van der Waals surface area contributed by atoms with Gasteiger partial charge in [-0.3, -0.25) is 9.59 Å². The molecule has 3 N–H and O–H groups in total. The molecule has 0 aromatic heterocycles. The molecule has 0 unspecified atom stereocenters. The second-order valence-electron chi connectivity index (χ2n) is 5.30. The normalized spacial score (nSPS) is 11.1. The molecule has 0 aliphatic carbocycles. The minimum absolute atomic E-state index is 0.0197. The molecule has 0 radical (unpaired) electrons. The summed E-state index contributed by atoms with van der Waals surface area (Å²) in [4.78, 5) is 22.8. The molecule has 0 aliphatic rings. The van der Waals surface area contributed by atoms with Crippen molar-refractivity contribution >= 4 is 11.8 Å². The number of rotatable bonds is 9. The second-order valence-corrected chi connectivity index (χ2v) is 5.30. The molecule has 0 saturated heterocycles. The maximum Gasteiger partial charge on any atom is 0.220 e. The number of unbranched alkanes of at least 4 members (excludes halogenated alkanes) is 1. The van der Waals surface area contributed by atoms with Crippen LogP contribution in [0.15, 0.2) is 0 Å². The Morgan fingerprint density at radius 1 is 1.11 bits per heavy atom.